The molecule has 0 radical (unpaired) electrons. The van der Waals surface area contributed by atoms with E-state index in [-0.39, 0.29) is 16.2 Å². The molecule has 2 heterocycles. The third-order valence-corrected chi connectivity index (χ3v) is 7.48. The minimum atomic E-state index is -0.507. The SMILES string of the molecule is CCCCC(C)(C)C1(CC)OCC2(COC(CC)(C(C)(C)CC)OC2)CO1. The van der Waals surface area contributed by atoms with Crippen LogP contribution in [0.5, 0.6) is 0 Å². The van der Waals surface area contributed by atoms with Gasteiger partial charge in [0.1, 0.15) is 0 Å². The normalized spacial score (nSPS) is 35.6. The van der Waals surface area contributed by atoms with Gasteiger partial charge in [0, 0.05) is 10.8 Å². The van der Waals surface area contributed by atoms with Crippen molar-refractivity contribution in [3.8, 4) is 0 Å². The second-order valence-electron chi connectivity index (χ2n) is 10.1. The van der Waals surface area contributed by atoms with E-state index in [9.17, 15) is 0 Å². The van der Waals surface area contributed by atoms with Crippen molar-refractivity contribution in [2.75, 3.05) is 26.4 Å². The summed E-state index contributed by atoms with van der Waals surface area (Å²) in [5.41, 5.74) is -0.218. The molecule has 0 aromatic carbocycles. The van der Waals surface area contributed by atoms with Crippen molar-refractivity contribution in [3.05, 3.63) is 0 Å². The van der Waals surface area contributed by atoms with E-state index in [0.717, 1.165) is 25.7 Å². The molecule has 0 saturated carbocycles. The van der Waals surface area contributed by atoms with E-state index in [1.807, 2.05) is 0 Å². The molecule has 4 heteroatoms. The average Bonchev–Trinajstić information content (AvgIpc) is 2.68. The maximum absolute atomic E-state index is 6.50. The average molecular weight is 385 g/mol. The molecule has 2 aliphatic rings. The van der Waals surface area contributed by atoms with Crippen LogP contribution in [0.4, 0.5) is 0 Å². The van der Waals surface area contributed by atoms with E-state index in [1.54, 1.807) is 0 Å². The lowest BCUT2D eigenvalue weighted by atomic mass is 9.75. The molecule has 2 fully saturated rings. The summed E-state index contributed by atoms with van der Waals surface area (Å²) in [6.07, 6.45) is 6.25. The molecule has 0 N–H and O–H groups in total. The van der Waals surface area contributed by atoms with Gasteiger partial charge in [0.2, 0.25) is 0 Å². The lowest BCUT2D eigenvalue weighted by Crippen LogP contribution is -2.64. The molecule has 0 atom stereocenters. The fourth-order valence-corrected chi connectivity index (χ4v) is 4.64. The molecule has 27 heavy (non-hydrogen) atoms. The molecule has 0 aliphatic carbocycles. The summed E-state index contributed by atoms with van der Waals surface area (Å²) in [5, 5.41) is 0. The summed E-state index contributed by atoms with van der Waals surface area (Å²) >= 11 is 0. The van der Waals surface area contributed by atoms with Crippen molar-refractivity contribution in [1.29, 1.82) is 0 Å². The summed E-state index contributed by atoms with van der Waals surface area (Å²) in [4.78, 5) is 0. The van der Waals surface area contributed by atoms with Gasteiger partial charge in [-0.25, -0.2) is 0 Å². The first-order valence-electron chi connectivity index (χ1n) is 11.1. The zero-order chi connectivity index (χ0) is 20.4. The largest absolute Gasteiger partial charge is 0.349 e. The van der Waals surface area contributed by atoms with Gasteiger partial charge in [0.15, 0.2) is 11.6 Å². The molecule has 2 aliphatic heterocycles. The fourth-order valence-electron chi connectivity index (χ4n) is 4.64. The van der Waals surface area contributed by atoms with E-state index in [1.165, 1.54) is 12.8 Å². The summed E-state index contributed by atoms with van der Waals surface area (Å²) in [7, 11) is 0. The van der Waals surface area contributed by atoms with Crippen LogP contribution in [0.3, 0.4) is 0 Å². The zero-order valence-electron chi connectivity index (χ0n) is 19.2. The molecule has 160 valence electrons. The summed E-state index contributed by atoms with van der Waals surface area (Å²) in [6.45, 7) is 20.4. The minimum absolute atomic E-state index is 0.00682. The predicted molar refractivity (Wildman–Crippen MR) is 110 cm³/mol. The Hall–Kier alpha value is -0.160. The number of unbranched alkanes of at least 4 members (excludes halogenated alkanes) is 1. The number of hydrogen-bond acceptors (Lipinski definition) is 4. The minimum Gasteiger partial charge on any atom is -0.349 e. The first kappa shape index (κ1) is 23.1. The van der Waals surface area contributed by atoms with Crippen LogP contribution in [0, 0.1) is 16.2 Å². The van der Waals surface area contributed by atoms with E-state index < -0.39 is 11.6 Å². The van der Waals surface area contributed by atoms with Crippen molar-refractivity contribution in [2.24, 2.45) is 16.2 Å². The van der Waals surface area contributed by atoms with Crippen LogP contribution in [0.1, 0.15) is 93.9 Å². The molecule has 2 rings (SSSR count). The van der Waals surface area contributed by atoms with E-state index in [2.05, 4.69) is 55.4 Å². The lowest BCUT2D eigenvalue weighted by molar-refractivity contribution is -0.404. The van der Waals surface area contributed by atoms with Crippen LogP contribution in [-0.4, -0.2) is 38.0 Å². The van der Waals surface area contributed by atoms with Gasteiger partial charge in [0.25, 0.3) is 0 Å². The fraction of sp³-hybridized carbons (Fsp3) is 1.00. The van der Waals surface area contributed by atoms with Gasteiger partial charge in [-0.15, -0.1) is 0 Å². The maximum Gasteiger partial charge on any atom is 0.173 e. The van der Waals surface area contributed by atoms with Crippen LogP contribution < -0.4 is 0 Å². The second kappa shape index (κ2) is 8.30. The monoisotopic (exact) mass is 384 g/mol. The molecule has 0 unspecified atom stereocenters. The van der Waals surface area contributed by atoms with Crippen LogP contribution in [0.25, 0.3) is 0 Å². The van der Waals surface area contributed by atoms with Gasteiger partial charge in [0.05, 0.1) is 31.8 Å². The first-order valence-corrected chi connectivity index (χ1v) is 11.1. The Morgan fingerprint density at radius 2 is 1.07 bits per heavy atom. The highest BCUT2D eigenvalue weighted by Crippen LogP contribution is 2.50. The molecular formula is C23H44O4. The Kier molecular flexibility index (Phi) is 7.10. The zero-order valence-corrected chi connectivity index (χ0v) is 19.2. The van der Waals surface area contributed by atoms with Crippen molar-refractivity contribution in [1.82, 2.24) is 0 Å². The Labute approximate surface area is 167 Å². The molecule has 1 spiro atoms. The summed E-state index contributed by atoms with van der Waals surface area (Å²) in [5.74, 6) is -1.01. The first-order chi connectivity index (χ1) is 12.6. The number of rotatable bonds is 8. The van der Waals surface area contributed by atoms with Crippen LogP contribution >= 0.6 is 0 Å². The molecule has 4 nitrogen and oxygen atoms in total. The summed E-state index contributed by atoms with van der Waals surface area (Å²) < 4.78 is 25.9. The third kappa shape index (κ3) is 4.10. The van der Waals surface area contributed by atoms with Gasteiger partial charge in [-0.05, 0) is 25.7 Å². The standard InChI is InChI=1S/C23H44O4/c1-9-13-14-20(7,8)23(12-4)26-17-21(18-27-23)15-24-22(11-3,25-16-21)19(5,6)10-2/h9-18H2,1-8H3. The highest BCUT2D eigenvalue weighted by Gasteiger charge is 2.56. The van der Waals surface area contributed by atoms with Crippen molar-refractivity contribution in [2.45, 2.75) is 105 Å². The van der Waals surface area contributed by atoms with E-state index in [4.69, 9.17) is 18.9 Å². The molecular weight excluding hydrogens is 340 g/mol. The molecule has 0 aromatic rings. The number of hydrogen-bond donors (Lipinski definition) is 0. The van der Waals surface area contributed by atoms with Crippen LogP contribution in [-0.2, 0) is 18.9 Å². The van der Waals surface area contributed by atoms with E-state index in [0.29, 0.717) is 26.4 Å². The van der Waals surface area contributed by atoms with Gasteiger partial charge in [-0.3, -0.25) is 0 Å². The molecule has 0 aromatic heterocycles. The Bertz CT molecular complexity index is 465. The van der Waals surface area contributed by atoms with Gasteiger partial charge < -0.3 is 18.9 Å². The maximum atomic E-state index is 6.50. The predicted octanol–water partition coefficient (Wildman–Crippen LogP) is 5.93. The Morgan fingerprint density at radius 3 is 1.41 bits per heavy atom. The Balaban J connectivity index is 2.07. The van der Waals surface area contributed by atoms with Crippen LogP contribution in [0.15, 0.2) is 0 Å². The van der Waals surface area contributed by atoms with Gasteiger partial charge in [-0.2, -0.15) is 0 Å². The quantitative estimate of drug-likeness (QED) is 0.519. The molecule has 0 amide bonds. The van der Waals surface area contributed by atoms with Crippen molar-refractivity contribution >= 4 is 0 Å². The van der Waals surface area contributed by atoms with Gasteiger partial charge >= 0.3 is 0 Å². The van der Waals surface area contributed by atoms with Crippen LogP contribution in [0.2, 0.25) is 0 Å². The number of ether oxygens (including phenoxy) is 4. The van der Waals surface area contributed by atoms with Gasteiger partial charge in [-0.1, -0.05) is 68.2 Å². The lowest BCUT2D eigenvalue weighted by Gasteiger charge is -2.57. The highest BCUT2D eigenvalue weighted by atomic mass is 16.7. The summed E-state index contributed by atoms with van der Waals surface area (Å²) in [6, 6.07) is 0. The molecule has 2 saturated heterocycles. The smallest absolute Gasteiger partial charge is 0.173 e. The van der Waals surface area contributed by atoms with E-state index >= 15 is 0 Å². The van der Waals surface area contributed by atoms with Crippen molar-refractivity contribution < 1.29 is 18.9 Å². The topological polar surface area (TPSA) is 36.9 Å². The third-order valence-electron chi connectivity index (χ3n) is 7.48. The molecule has 0 bridgehead atoms. The highest BCUT2D eigenvalue weighted by molar-refractivity contribution is 4.97. The second-order valence-corrected chi connectivity index (χ2v) is 10.1. The van der Waals surface area contributed by atoms with Crippen molar-refractivity contribution in [3.63, 3.8) is 0 Å². The Morgan fingerprint density at radius 1 is 0.667 bits per heavy atom.